The van der Waals surface area contributed by atoms with E-state index in [1.807, 2.05) is 25.1 Å². The molecule has 2 aromatic carbocycles. The number of carbonyl (C=O) groups is 1. The smallest absolute Gasteiger partial charge is 0.266 e. The minimum atomic E-state index is -0.652. The normalized spacial score (nSPS) is 11.8. The third-order valence-electron chi connectivity index (χ3n) is 3.57. The van der Waals surface area contributed by atoms with Crippen molar-refractivity contribution in [2.45, 2.75) is 20.0 Å². The molecule has 3 rings (SSSR count). The highest BCUT2D eigenvalue weighted by Crippen LogP contribution is 2.30. The highest BCUT2D eigenvalue weighted by Gasteiger charge is 2.18. The number of hydrogen-bond donors (Lipinski definition) is 1. The van der Waals surface area contributed by atoms with Gasteiger partial charge in [-0.05, 0) is 50.2 Å². The maximum absolute atomic E-state index is 13.1. The number of rotatable bonds is 5. The van der Waals surface area contributed by atoms with E-state index >= 15 is 0 Å². The fourth-order valence-electron chi connectivity index (χ4n) is 2.29. The number of nitrogens with one attached hydrogen (secondary N) is 1. The maximum atomic E-state index is 13.1. The standard InChI is InChI=1S/C19H17FN2O2S/c1-12(24-16-6-4-3-5-7-16)18(23)22-19-21-17(13(2)25-19)14-8-10-15(20)11-9-14/h3-12H,1-2H3,(H,21,22,23)/t12-/m1/s1. The number of anilines is 1. The van der Waals surface area contributed by atoms with Gasteiger partial charge in [0.15, 0.2) is 11.2 Å². The molecule has 1 aromatic heterocycles. The summed E-state index contributed by atoms with van der Waals surface area (Å²) in [4.78, 5) is 17.7. The van der Waals surface area contributed by atoms with Gasteiger partial charge < -0.3 is 4.74 Å². The summed E-state index contributed by atoms with van der Waals surface area (Å²) in [5, 5.41) is 3.26. The molecule has 0 aliphatic carbocycles. The highest BCUT2D eigenvalue weighted by molar-refractivity contribution is 7.16. The molecule has 0 spiro atoms. The molecular formula is C19H17FN2O2S. The number of benzene rings is 2. The van der Waals surface area contributed by atoms with Crippen molar-refractivity contribution in [1.82, 2.24) is 4.98 Å². The van der Waals surface area contributed by atoms with Crippen molar-refractivity contribution in [1.29, 1.82) is 0 Å². The van der Waals surface area contributed by atoms with Gasteiger partial charge in [0.25, 0.3) is 5.91 Å². The van der Waals surface area contributed by atoms with Crippen LogP contribution in [0, 0.1) is 12.7 Å². The Hall–Kier alpha value is -2.73. The van der Waals surface area contributed by atoms with Crippen LogP contribution >= 0.6 is 11.3 Å². The van der Waals surface area contributed by atoms with Crippen LogP contribution in [0.1, 0.15) is 11.8 Å². The Morgan fingerprint density at radius 3 is 2.52 bits per heavy atom. The minimum absolute atomic E-state index is 0.275. The molecule has 0 unspecified atom stereocenters. The molecule has 1 N–H and O–H groups in total. The second kappa shape index (κ2) is 7.44. The Bertz CT molecular complexity index is 863. The van der Waals surface area contributed by atoms with Gasteiger partial charge in [-0.15, -0.1) is 11.3 Å². The van der Waals surface area contributed by atoms with Gasteiger partial charge in [0, 0.05) is 10.4 Å². The highest BCUT2D eigenvalue weighted by atomic mass is 32.1. The molecular weight excluding hydrogens is 339 g/mol. The Kier molecular flexibility index (Phi) is 5.09. The van der Waals surface area contributed by atoms with E-state index in [0.717, 1.165) is 16.1 Å². The van der Waals surface area contributed by atoms with Gasteiger partial charge in [0.2, 0.25) is 0 Å². The summed E-state index contributed by atoms with van der Waals surface area (Å²) in [6.45, 7) is 3.60. The summed E-state index contributed by atoms with van der Waals surface area (Å²) in [5.41, 5.74) is 1.54. The number of thiazole rings is 1. The van der Waals surface area contributed by atoms with Crippen molar-refractivity contribution in [3.05, 3.63) is 65.3 Å². The lowest BCUT2D eigenvalue weighted by Crippen LogP contribution is -2.30. The Labute approximate surface area is 149 Å². The average molecular weight is 356 g/mol. The first-order valence-corrected chi connectivity index (χ1v) is 8.60. The predicted octanol–water partition coefficient (Wildman–Crippen LogP) is 4.66. The predicted molar refractivity (Wildman–Crippen MR) is 97.4 cm³/mol. The molecule has 0 aliphatic heterocycles. The second-order valence-corrected chi connectivity index (χ2v) is 6.70. The lowest BCUT2D eigenvalue weighted by Gasteiger charge is -2.13. The quantitative estimate of drug-likeness (QED) is 0.723. The van der Waals surface area contributed by atoms with Crippen LogP contribution in [0.4, 0.5) is 9.52 Å². The first-order chi connectivity index (χ1) is 12.0. The summed E-state index contributed by atoms with van der Waals surface area (Å²) in [7, 11) is 0. The topological polar surface area (TPSA) is 51.2 Å². The third kappa shape index (κ3) is 4.22. The Morgan fingerprint density at radius 1 is 1.16 bits per heavy atom. The van der Waals surface area contributed by atoms with Crippen LogP contribution in [0.5, 0.6) is 5.75 Å². The molecule has 0 aliphatic rings. The number of ether oxygens (including phenoxy) is 1. The van der Waals surface area contributed by atoms with Gasteiger partial charge in [-0.2, -0.15) is 0 Å². The van der Waals surface area contributed by atoms with Crippen LogP contribution in [0.15, 0.2) is 54.6 Å². The summed E-state index contributed by atoms with van der Waals surface area (Å²) < 4.78 is 18.7. The molecule has 1 atom stereocenters. The molecule has 1 amide bonds. The van der Waals surface area contributed by atoms with E-state index in [1.165, 1.54) is 23.5 Å². The molecule has 0 fully saturated rings. The molecule has 0 radical (unpaired) electrons. The largest absolute Gasteiger partial charge is 0.481 e. The average Bonchev–Trinajstić information content (AvgIpc) is 2.96. The van der Waals surface area contributed by atoms with Crippen molar-refractivity contribution in [3.63, 3.8) is 0 Å². The first-order valence-electron chi connectivity index (χ1n) is 7.79. The lowest BCUT2D eigenvalue weighted by molar-refractivity contribution is -0.122. The molecule has 0 saturated heterocycles. The summed E-state index contributed by atoms with van der Waals surface area (Å²) in [5.74, 6) is 0.0628. The van der Waals surface area contributed by atoms with Crippen LogP contribution in [0.2, 0.25) is 0 Å². The van der Waals surface area contributed by atoms with E-state index < -0.39 is 6.10 Å². The molecule has 1 heterocycles. The number of aryl methyl sites for hydroxylation is 1. The molecule has 0 saturated carbocycles. The van der Waals surface area contributed by atoms with Crippen molar-refractivity contribution in [3.8, 4) is 17.0 Å². The monoisotopic (exact) mass is 356 g/mol. The zero-order chi connectivity index (χ0) is 17.8. The van der Waals surface area contributed by atoms with E-state index in [4.69, 9.17) is 4.74 Å². The van der Waals surface area contributed by atoms with Crippen LogP contribution in [0.25, 0.3) is 11.3 Å². The van der Waals surface area contributed by atoms with Crippen LogP contribution in [-0.2, 0) is 4.79 Å². The van der Waals surface area contributed by atoms with Gasteiger partial charge in [-0.3, -0.25) is 10.1 Å². The fourth-order valence-corrected chi connectivity index (χ4v) is 3.13. The molecule has 128 valence electrons. The maximum Gasteiger partial charge on any atom is 0.266 e. The minimum Gasteiger partial charge on any atom is -0.481 e. The molecule has 4 nitrogen and oxygen atoms in total. The van der Waals surface area contributed by atoms with Crippen LogP contribution in [0.3, 0.4) is 0 Å². The number of amides is 1. The fraction of sp³-hybridized carbons (Fsp3) is 0.158. The van der Waals surface area contributed by atoms with Crippen molar-refractivity contribution in [2.24, 2.45) is 0 Å². The number of hydrogen-bond acceptors (Lipinski definition) is 4. The number of aromatic nitrogens is 1. The van der Waals surface area contributed by atoms with E-state index in [1.54, 1.807) is 31.2 Å². The zero-order valence-electron chi connectivity index (χ0n) is 13.8. The number of para-hydroxylation sites is 1. The van der Waals surface area contributed by atoms with Gasteiger partial charge in [-0.1, -0.05) is 18.2 Å². The first kappa shape index (κ1) is 17.1. The van der Waals surface area contributed by atoms with Gasteiger partial charge in [0.1, 0.15) is 11.6 Å². The molecule has 0 bridgehead atoms. The van der Waals surface area contributed by atoms with E-state index in [9.17, 15) is 9.18 Å². The third-order valence-corrected chi connectivity index (χ3v) is 4.46. The van der Waals surface area contributed by atoms with Crippen LogP contribution in [-0.4, -0.2) is 17.0 Å². The number of nitrogens with zero attached hydrogens (tertiary/aromatic N) is 1. The van der Waals surface area contributed by atoms with E-state index in [-0.39, 0.29) is 11.7 Å². The van der Waals surface area contributed by atoms with E-state index in [0.29, 0.717) is 10.9 Å². The van der Waals surface area contributed by atoms with E-state index in [2.05, 4.69) is 10.3 Å². The van der Waals surface area contributed by atoms with Crippen molar-refractivity contribution < 1.29 is 13.9 Å². The number of halogens is 1. The summed E-state index contributed by atoms with van der Waals surface area (Å²) in [6, 6.07) is 15.3. The Balaban J connectivity index is 1.69. The summed E-state index contributed by atoms with van der Waals surface area (Å²) in [6.07, 6.45) is -0.652. The summed E-state index contributed by atoms with van der Waals surface area (Å²) >= 11 is 1.37. The van der Waals surface area contributed by atoms with Crippen molar-refractivity contribution in [2.75, 3.05) is 5.32 Å². The Morgan fingerprint density at radius 2 is 1.84 bits per heavy atom. The van der Waals surface area contributed by atoms with Gasteiger partial charge in [0.05, 0.1) is 5.69 Å². The van der Waals surface area contributed by atoms with Crippen LogP contribution < -0.4 is 10.1 Å². The lowest BCUT2D eigenvalue weighted by atomic mass is 10.1. The van der Waals surface area contributed by atoms with Gasteiger partial charge in [-0.25, -0.2) is 9.37 Å². The second-order valence-electron chi connectivity index (χ2n) is 5.49. The molecule has 3 aromatic rings. The molecule has 25 heavy (non-hydrogen) atoms. The zero-order valence-corrected chi connectivity index (χ0v) is 14.6. The van der Waals surface area contributed by atoms with Gasteiger partial charge >= 0.3 is 0 Å². The van der Waals surface area contributed by atoms with Crippen molar-refractivity contribution >= 4 is 22.4 Å². The molecule has 6 heteroatoms. The number of carbonyl (C=O) groups excluding carboxylic acids is 1. The SMILES string of the molecule is Cc1sc(NC(=O)[C@@H](C)Oc2ccccc2)nc1-c1ccc(F)cc1.